The van der Waals surface area contributed by atoms with Gasteiger partial charge >= 0.3 is 0 Å². The molecule has 1 aromatic rings. The first kappa shape index (κ1) is 19.9. The van der Waals surface area contributed by atoms with Gasteiger partial charge < -0.3 is 10.6 Å². The Hall–Kier alpha value is -1.13. The van der Waals surface area contributed by atoms with E-state index in [1.54, 1.807) is 12.1 Å². The maximum Gasteiger partial charge on any atom is 0.225 e. The molecule has 0 aliphatic heterocycles. The van der Waals surface area contributed by atoms with E-state index in [2.05, 4.69) is 6.92 Å². The molecule has 1 amide bonds. The van der Waals surface area contributed by atoms with Crippen molar-refractivity contribution in [3.63, 3.8) is 0 Å². The monoisotopic (exact) mass is 342 g/mol. The van der Waals surface area contributed by atoms with Crippen molar-refractivity contribution in [2.24, 2.45) is 11.7 Å². The van der Waals surface area contributed by atoms with Crippen molar-refractivity contribution >= 4 is 18.3 Å². The van der Waals surface area contributed by atoms with Crippen LogP contribution in [0.4, 0.5) is 4.39 Å². The van der Waals surface area contributed by atoms with Crippen LogP contribution in [-0.4, -0.2) is 29.9 Å². The predicted molar refractivity (Wildman–Crippen MR) is 94.2 cm³/mol. The second kappa shape index (κ2) is 9.89. The molecule has 0 saturated heterocycles. The number of amides is 1. The highest BCUT2D eigenvalue weighted by Gasteiger charge is 2.28. The Morgan fingerprint density at radius 2 is 2.13 bits per heavy atom. The summed E-state index contributed by atoms with van der Waals surface area (Å²) >= 11 is 0. The first-order valence-electron chi connectivity index (χ1n) is 8.39. The Labute approximate surface area is 144 Å². The molecule has 1 saturated carbocycles. The lowest BCUT2D eigenvalue weighted by Crippen LogP contribution is -2.42. The minimum Gasteiger partial charge on any atom is -0.342 e. The topological polar surface area (TPSA) is 46.3 Å². The summed E-state index contributed by atoms with van der Waals surface area (Å²) < 4.78 is 13.2. The zero-order valence-corrected chi connectivity index (χ0v) is 14.7. The van der Waals surface area contributed by atoms with Gasteiger partial charge in [0.1, 0.15) is 5.82 Å². The molecular weight excluding hydrogens is 315 g/mol. The van der Waals surface area contributed by atoms with Crippen molar-refractivity contribution in [1.29, 1.82) is 0 Å². The molecule has 2 N–H and O–H groups in total. The molecule has 1 aliphatic carbocycles. The van der Waals surface area contributed by atoms with Crippen LogP contribution in [0.2, 0.25) is 0 Å². The first-order valence-corrected chi connectivity index (χ1v) is 8.39. The smallest absolute Gasteiger partial charge is 0.225 e. The van der Waals surface area contributed by atoms with Crippen LogP contribution < -0.4 is 5.73 Å². The lowest BCUT2D eigenvalue weighted by atomic mass is 9.85. The zero-order valence-electron chi connectivity index (χ0n) is 13.8. The predicted octanol–water partition coefficient (Wildman–Crippen LogP) is 3.55. The number of nitrogens with zero attached hydrogens (tertiary/aromatic N) is 1. The molecule has 23 heavy (non-hydrogen) atoms. The Balaban J connectivity index is 0.00000264. The van der Waals surface area contributed by atoms with Gasteiger partial charge in [-0.1, -0.05) is 25.5 Å². The number of carbonyl (C=O) groups excluding carboxylic acids is 1. The van der Waals surface area contributed by atoms with E-state index in [-0.39, 0.29) is 36.1 Å². The second-order valence-corrected chi connectivity index (χ2v) is 6.33. The van der Waals surface area contributed by atoms with E-state index >= 15 is 0 Å². The number of nitrogens with two attached hydrogens (primary N) is 1. The summed E-state index contributed by atoms with van der Waals surface area (Å²) in [5, 5.41) is 0. The third kappa shape index (κ3) is 6.11. The van der Waals surface area contributed by atoms with Crippen LogP contribution in [0.3, 0.4) is 0 Å². The molecule has 0 aromatic heterocycles. The van der Waals surface area contributed by atoms with E-state index in [0.717, 1.165) is 44.2 Å². The molecule has 1 aromatic carbocycles. The number of benzene rings is 1. The Kier molecular flexibility index (Phi) is 8.56. The third-order valence-corrected chi connectivity index (χ3v) is 4.43. The maximum absolute atomic E-state index is 13.2. The molecule has 2 unspecified atom stereocenters. The molecule has 2 rings (SSSR count). The minimum atomic E-state index is -0.218. The second-order valence-electron chi connectivity index (χ2n) is 6.33. The average Bonchev–Trinajstić information content (AvgIpc) is 2.51. The fraction of sp³-hybridized carbons (Fsp3) is 0.611. The summed E-state index contributed by atoms with van der Waals surface area (Å²) in [6.45, 7) is 3.50. The molecule has 0 radical (unpaired) electrons. The fourth-order valence-corrected chi connectivity index (χ4v) is 3.27. The molecule has 0 bridgehead atoms. The van der Waals surface area contributed by atoms with Gasteiger partial charge in [-0.3, -0.25) is 4.79 Å². The normalized spacial score (nSPS) is 20.7. The van der Waals surface area contributed by atoms with Crippen LogP contribution in [-0.2, 0) is 11.2 Å². The van der Waals surface area contributed by atoms with E-state index in [1.807, 2.05) is 11.0 Å². The number of rotatable bonds is 6. The van der Waals surface area contributed by atoms with Crippen molar-refractivity contribution in [2.75, 3.05) is 13.1 Å². The van der Waals surface area contributed by atoms with E-state index < -0.39 is 0 Å². The Morgan fingerprint density at radius 1 is 1.35 bits per heavy atom. The summed E-state index contributed by atoms with van der Waals surface area (Å²) in [5.41, 5.74) is 6.95. The van der Waals surface area contributed by atoms with Crippen molar-refractivity contribution in [3.8, 4) is 0 Å². The first-order chi connectivity index (χ1) is 10.6. The molecule has 1 fully saturated rings. The molecule has 0 spiro atoms. The fourth-order valence-electron chi connectivity index (χ4n) is 3.27. The summed E-state index contributed by atoms with van der Waals surface area (Å²) in [6, 6.07) is 6.78. The van der Waals surface area contributed by atoms with Crippen LogP contribution in [0.25, 0.3) is 0 Å². The van der Waals surface area contributed by atoms with Crippen LogP contribution in [0, 0.1) is 11.7 Å². The molecule has 1 aliphatic rings. The van der Waals surface area contributed by atoms with Crippen LogP contribution in [0.5, 0.6) is 0 Å². The van der Waals surface area contributed by atoms with Crippen molar-refractivity contribution in [3.05, 3.63) is 35.6 Å². The Morgan fingerprint density at radius 3 is 2.78 bits per heavy atom. The van der Waals surface area contributed by atoms with Gasteiger partial charge in [0.05, 0.1) is 0 Å². The van der Waals surface area contributed by atoms with Crippen LogP contribution in [0.1, 0.15) is 44.6 Å². The summed E-state index contributed by atoms with van der Waals surface area (Å²) in [4.78, 5) is 14.7. The number of carbonyl (C=O) groups is 1. The number of halogens is 2. The van der Waals surface area contributed by atoms with Crippen LogP contribution in [0.15, 0.2) is 24.3 Å². The van der Waals surface area contributed by atoms with Gasteiger partial charge in [-0.05, 0) is 49.8 Å². The highest BCUT2D eigenvalue weighted by atomic mass is 35.5. The van der Waals surface area contributed by atoms with Crippen LogP contribution >= 0.6 is 12.4 Å². The van der Waals surface area contributed by atoms with Gasteiger partial charge in [0.15, 0.2) is 0 Å². The Bertz CT molecular complexity index is 498. The summed E-state index contributed by atoms with van der Waals surface area (Å²) in [5.74, 6) is 0.0836. The molecule has 0 heterocycles. The molecule has 3 nitrogen and oxygen atoms in total. The van der Waals surface area contributed by atoms with Crippen molar-refractivity contribution in [2.45, 2.75) is 51.5 Å². The van der Waals surface area contributed by atoms with Gasteiger partial charge in [0, 0.05) is 25.0 Å². The molecule has 130 valence electrons. The van der Waals surface area contributed by atoms with Gasteiger partial charge in [-0.2, -0.15) is 0 Å². The molecule has 5 heteroatoms. The van der Waals surface area contributed by atoms with Gasteiger partial charge in [-0.25, -0.2) is 4.39 Å². The molecule has 2 atom stereocenters. The largest absolute Gasteiger partial charge is 0.342 e. The van der Waals surface area contributed by atoms with Gasteiger partial charge in [0.2, 0.25) is 5.91 Å². The van der Waals surface area contributed by atoms with Gasteiger partial charge in [0.25, 0.3) is 0 Å². The lowest BCUT2D eigenvalue weighted by Gasteiger charge is -2.31. The number of hydrogen-bond acceptors (Lipinski definition) is 2. The van der Waals surface area contributed by atoms with E-state index in [4.69, 9.17) is 5.73 Å². The molecular formula is C18H28ClFN2O. The lowest BCUT2D eigenvalue weighted by molar-refractivity contribution is -0.136. The SMILES string of the molecule is CCCN(CCc1cccc(F)c1)C(=O)C1CCCC(N)C1.Cl. The summed E-state index contributed by atoms with van der Waals surface area (Å²) in [6.07, 6.45) is 5.46. The highest BCUT2D eigenvalue weighted by molar-refractivity contribution is 5.85. The minimum absolute atomic E-state index is 0. The van der Waals surface area contributed by atoms with Crippen molar-refractivity contribution in [1.82, 2.24) is 4.90 Å². The van der Waals surface area contributed by atoms with Crippen molar-refractivity contribution < 1.29 is 9.18 Å². The zero-order chi connectivity index (χ0) is 15.9. The summed E-state index contributed by atoms with van der Waals surface area (Å²) in [7, 11) is 0. The van der Waals surface area contributed by atoms with E-state index in [9.17, 15) is 9.18 Å². The van der Waals surface area contributed by atoms with E-state index in [0.29, 0.717) is 13.0 Å². The van der Waals surface area contributed by atoms with E-state index in [1.165, 1.54) is 6.07 Å². The van der Waals surface area contributed by atoms with Gasteiger partial charge in [-0.15, -0.1) is 12.4 Å². The average molecular weight is 343 g/mol. The third-order valence-electron chi connectivity index (χ3n) is 4.43. The highest BCUT2D eigenvalue weighted by Crippen LogP contribution is 2.25. The quantitative estimate of drug-likeness (QED) is 0.859. The standard InChI is InChI=1S/C18H27FN2O.ClH/c1-2-10-21(11-9-14-5-3-7-16(19)12-14)18(22)15-6-4-8-17(20)13-15;/h3,5,7,12,15,17H,2,4,6,8-11,13,20H2,1H3;1H. The number of hydrogen-bond donors (Lipinski definition) is 1. The maximum atomic E-state index is 13.2.